The van der Waals surface area contributed by atoms with E-state index in [-0.39, 0.29) is 59.0 Å². The first kappa shape index (κ1) is 44.1. The van der Waals surface area contributed by atoms with Crippen LogP contribution in [0.4, 0.5) is 5.69 Å². The summed E-state index contributed by atoms with van der Waals surface area (Å²) in [6.07, 6.45) is 3.68. The van der Waals surface area contributed by atoms with Crippen molar-refractivity contribution in [1.82, 2.24) is 20.4 Å². The summed E-state index contributed by atoms with van der Waals surface area (Å²) in [5.41, 5.74) is 1.81. The molecule has 0 unspecified atom stereocenters. The van der Waals surface area contributed by atoms with Crippen LogP contribution in [0.3, 0.4) is 0 Å². The summed E-state index contributed by atoms with van der Waals surface area (Å²) >= 11 is 6.26. The number of nitrogens with zero attached hydrogens (tertiary/aromatic N) is 4. The number of hydrogen-bond donors (Lipinski definition) is 2. The number of amides is 5. The third-order valence-corrected chi connectivity index (χ3v) is 14.2. The van der Waals surface area contributed by atoms with E-state index >= 15 is 0 Å². The number of nitrogens with one attached hydrogen (secondary N) is 2. The predicted molar refractivity (Wildman–Crippen MR) is 235 cm³/mol. The van der Waals surface area contributed by atoms with Crippen LogP contribution in [-0.4, -0.2) is 110 Å². The number of carbonyl (C=O) groups excluding carboxylic acids is 5. The first-order valence-corrected chi connectivity index (χ1v) is 22.2. The maximum atomic E-state index is 13.6. The summed E-state index contributed by atoms with van der Waals surface area (Å²) in [7, 11) is 1.72. The Bertz CT molecular complexity index is 2310. The minimum Gasteiger partial charge on any atom is -0.490 e. The Morgan fingerprint density at radius 3 is 2.22 bits per heavy atom. The Hall–Kier alpha value is -5.49. The minimum atomic E-state index is -1.01. The molecule has 14 nitrogen and oxygen atoms in total. The lowest BCUT2D eigenvalue weighted by Gasteiger charge is -2.63. The molecule has 63 heavy (non-hydrogen) atoms. The van der Waals surface area contributed by atoms with Gasteiger partial charge in [0.1, 0.15) is 35.8 Å². The SMILES string of the molecule is COCCN(CC1CCN(c2ccc(C(=O)NC3C(C)(C)C(Oc4ccc(C#N)c(Cl)c4)C3(C)C)cc2)CC1)C1CC(Oc2ccc3c(c2)C(=O)N([C@@H]2CCC(=O)NC2=O)C3=O)C1. The number of nitriles is 1. The lowest BCUT2D eigenvalue weighted by atomic mass is 9.49. The van der Waals surface area contributed by atoms with Crippen molar-refractivity contribution >= 4 is 46.8 Å². The molecule has 332 valence electrons. The predicted octanol–water partition coefficient (Wildman–Crippen LogP) is 6.00. The van der Waals surface area contributed by atoms with E-state index in [2.05, 4.69) is 54.2 Å². The van der Waals surface area contributed by atoms with Gasteiger partial charge in [-0.3, -0.25) is 39.1 Å². The number of ether oxygens (including phenoxy) is 3. The molecule has 5 aliphatic rings. The molecule has 15 heteroatoms. The van der Waals surface area contributed by atoms with E-state index in [1.165, 1.54) is 0 Å². The number of rotatable bonds is 14. The van der Waals surface area contributed by atoms with E-state index in [4.69, 9.17) is 25.8 Å². The number of fused-ring (bicyclic) bond motifs is 1. The van der Waals surface area contributed by atoms with E-state index in [9.17, 15) is 29.2 Å². The molecule has 0 aromatic heterocycles. The van der Waals surface area contributed by atoms with Crippen LogP contribution in [0.1, 0.15) is 103 Å². The highest BCUT2D eigenvalue weighted by molar-refractivity contribution is 6.31. The highest BCUT2D eigenvalue weighted by Gasteiger charge is 2.64. The average Bonchev–Trinajstić information content (AvgIpc) is 3.49. The molecule has 0 radical (unpaired) electrons. The average molecular weight is 879 g/mol. The molecular weight excluding hydrogens is 824 g/mol. The Morgan fingerprint density at radius 1 is 0.905 bits per heavy atom. The maximum absolute atomic E-state index is 13.6. The van der Waals surface area contributed by atoms with E-state index < -0.39 is 29.7 Å². The number of methoxy groups -OCH3 is 1. The van der Waals surface area contributed by atoms with Crippen LogP contribution in [-0.2, 0) is 14.3 Å². The summed E-state index contributed by atoms with van der Waals surface area (Å²) < 4.78 is 18.2. The lowest BCUT2D eigenvalue weighted by Crippen LogP contribution is -2.74. The normalized spacial score (nSPS) is 25.1. The van der Waals surface area contributed by atoms with E-state index in [1.54, 1.807) is 43.5 Å². The van der Waals surface area contributed by atoms with Crippen LogP contribution in [0.25, 0.3) is 0 Å². The highest BCUT2D eigenvalue weighted by Crippen LogP contribution is 2.55. The molecule has 3 aromatic carbocycles. The van der Waals surface area contributed by atoms with Gasteiger partial charge in [-0.1, -0.05) is 39.3 Å². The first-order chi connectivity index (χ1) is 30.1. The Morgan fingerprint density at radius 2 is 1.57 bits per heavy atom. The molecular formula is C48H55ClN6O8. The van der Waals surface area contributed by atoms with E-state index in [1.807, 2.05) is 24.3 Å². The highest BCUT2D eigenvalue weighted by atomic mass is 35.5. The number of piperidine rings is 2. The van der Waals surface area contributed by atoms with Gasteiger partial charge in [-0.05, 0) is 79.8 Å². The molecule has 2 aliphatic carbocycles. The van der Waals surface area contributed by atoms with Crippen molar-refractivity contribution in [2.24, 2.45) is 16.7 Å². The Labute approximate surface area is 373 Å². The van der Waals surface area contributed by atoms with Gasteiger partial charge in [0.15, 0.2) is 0 Å². The fraction of sp³-hybridized carbons (Fsp3) is 0.500. The van der Waals surface area contributed by atoms with Crippen LogP contribution in [0.2, 0.25) is 5.02 Å². The molecule has 0 spiro atoms. The van der Waals surface area contributed by atoms with Gasteiger partial charge in [0.25, 0.3) is 17.7 Å². The lowest BCUT2D eigenvalue weighted by molar-refractivity contribution is -0.164. The van der Waals surface area contributed by atoms with E-state index in [0.717, 1.165) is 62.4 Å². The van der Waals surface area contributed by atoms with Crippen LogP contribution in [0, 0.1) is 28.1 Å². The summed E-state index contributed by atoms with van der Waals surface area (Å²) in [5, 5.41) is 15.1. The standard InChI is InChI=1S/C48H55ClN6O8/c1-47(2)45(48(3,4)46(47)63-34-11-8-30(26-50)38(49)25-34)52-41(57)29-6-9-31(10-7-29)53-18-16-28(17-19-53)27-54(20-21-61-5)32-22-35(23-32)62-33-12-13-36-37(24-33)44(60)55(43(36)59)39-14-15-40(56)51-42(39)58/h6-13,24-25,28,32,35,39,45-46H,14-23,27H2,1-5H3,(H,52,57)(H,51,56,58)/t32?,35?,39-,45?,46?/m1/s1. The second kappa shape index (κ2) is 17.6. The van der Waals surface area contributed by atoms with Crippen molar-refractivity contribution in [2.75, 3.05) is 44.8 Å². The monoisotopic (exact) mass is 878 g/mol. The zero-order valence-electron chi connectivity index (χ0n) is 36.4. The number of hydrogen-bond acceptors (Lipinski definition) is 11. The third-order valence-electron chi connectivity index (χ3n) is 13.9. The summed E-state index contributed by atoms with van der Waals surface area (Å²) in [5.74, 6) is -0.635. The van der Waals surface area contributed by atoms with Crippen molar-refractivity contribution in [3.05, 3.63) is 87.9 Å². The number of benzene rings is 3. The largest absolute Gasteiger partial charge is 0.490 e. The first-order valence-electron chi connectivity index (χ1n) is 21.9. The summed E-state index contributed by atoms with van der Waals surface area (Å²) in [4.78, 5) is 70.0. The molecule has 0 bridgehead atoms. The van der Waals surface area contributed by atoms with Crippen LogP contribution in [0.5, 0.6) is 11.5 Å². The summed E-state index contributed by atoms with van der Waals surface area (Å²) in [6, 6.07) is 19.1. The van der Waals surface area contributed by atoms with Gasteiger partial charge in [-0.25, -0.2) is 0 Å². The fourth-order valence-corrected chi connectivity index (χ4v) is 10.8. The molecule has 5 amide bonds. The minimum absolute atomic E-state index is 0.0405. The second-order valence-corrected chi connectivity index (χ2v) is 19.2. The number of carbonyl (C=O) groups is 5. The fourth-order valence-electron chi connectivity index (χ4n) is 10.6. The van der Waals surface area contributed by atoms with Gasteiger partial charge in [-0.15, -0.1) is 0 Å². The maximum Gasteiger partial charge on any atom is 0.262 e. The zero-order chi connectivity index (χ0) is 44.8. The smallest absolute Gasteiger partial charge is 0.262 e. The van der Waals surface area contributed by atoms with Crippen molar-refractivity contribution in [3.63, 3.8) is 0 Å². The molecule has 3 aliphatic heterocycles. The topological polar surface area (TPSA) is 171 Å². The van der Waals surface area contributed by atoms with E-state index in [0.29, 0.717) is 46.2 Å². The van der Waals surface area contributed by atoms with Gasteiger partial charge in [0, 0.05) is 92.8 Å². The number of anilines is 1. The van der Waals surface area contributed by atoms with Gasteiger partial charge in [0.05, 0.1) is 28.3 Å². The summed E-state index contributed by atoms with van der Waals surface area (Å²) in [6.45, 7) is 12.6. The second-order valence-electron chi connectivity index (χ2n) is 18.8. The molecule has 3 aromatic rings. The van der Waals surface area contributed by atoms with Crippen LogP contribution < -0.4 is 25.0 Å². The van der Waals surface area contributed by atoms with Crippen molar-refractivity contribution in [1.29, 1.82) is 5.26 Å². The van der Waals surface area contributed by atoms with Gasteiger partial charge in [0.2, 0.25) is 11.8 Å². The van der Waals surface area contributed by atoms with Gasteiger partial charge in [-0.2, -0.15) is 5.26 Å². The van der Waals surface area contributed by atoms with Crippen molar-refractivity contribution in [2.45, 2.75) is 96.6 Å². The van der Waals surface area contributed by atoms with Crippen molar-refractivity contribution in [3.8, 4) is 17.6 Å². The molecule has 3 heterocycles. The molecule has 1 atom stereocenters. The van der Waals surface area contributed by atoms with Gasteiger partial charge < -0.3 is 24.4 Å². The number of halogens is 1. The molecule has 2 saturated heterocycles. The van der Waals surface area contributed by atoms with Crippen LogP contribution in [0.15, 0.2) is 60.7 Å². The molecule has 2 N–H and O–H groups in total. The third kappa shape index (κ3) is 8.63. The quantitative estimate of drug-likeness (QED) is 0.182. The Balaban J connectivity index is 0.801. The van der Waals surface area contributed by atoms with Crippen molar-refractivity contribution < 1.29 is 38.2 Å². The zero-order valence-corrected chi connectivity index (χ0v) is 37.2. The molecule has 4 fully saturated rings. The Kier molecular flexibility index (Phi) is 12.3. The number of imide groups is 2. The molecule has 2 saturated carbocycles. The van der Waals surface area contributed by atoms with Crippen LogP contribution >= 0.6 is 11.6 Å². The molecule has 8 rings (SSSR count). The van der Waals surface area contributed by atoms with Gasteiger partial charge >= 0.3 is 0 Å².